The molecule has 1 aromatic carbocycles. The summed E-state index contributed by atoms with van der Waals surface area (Å²) in [5.74, 6) is -8.25. The van der Waals surface area contributed by atoms with Crippen LogP contribution < -0.4 is 5.32 Å². The van der Waals surface area contributed by atoms with Gasteiger partial charge in [0.2, 0.25) is 15.9 Å². The molecule has 0 radical (unpaired) electrons. The Morgan fingerprint density at radius 3 is 2.60 bits per heavy atom. The predicted molar refractivity (Wildman–Crippen MR) is 99.7 cm³/mol. The Labute approximate surface area is 177 Å². The van der Waals surface area contributed by atoms with Gasteiger partial charge < -0.3 is 5.32 Å². The van der Waals surface area contributed by atoms with Gasteiger partial charge in [-0.25, -0.2) is 31.0 Å². The lowest BCUT2D eigenvalue weighted by Gasteiger charge is -2.27. The molecule has 2 fully saturated rings. The topological polar surface area (TPSA) is 79.4 Å². The number of fused-ring (bicyclic) bond motifs is 1. The van der Waals surface area contributed by atoms with Gasteiger partial charge in [-0.1, -0.05) is 0 Å². The molecular formula is C18H14BrF4N3O3S. The Morgan fingerprint density at radius 1 is 1.27 bits per heavy atom. The molecule has 6 nitrogen and oxygen atoms in total. The third-order valence-corrected chi connectivity index (χ3v) is 7.63. The van der Waals surface area contributed by atoms with E-state index in [1.165, 1.54) is 6.07 Å². The molecule has 2 aliphatic rings. The highest BCUT2D eigenvalue weighted by Crippen LogP contribution is 2.63. The maximum Gasteiger partial charge on any atom is 0.258 e. The van der Waals surface area contributed by atoms with E-state index in [9.17, 15) is 30.8 Å². The molecule has 0 bridgehead atoms. The van der Waals surface area contributed by atoms with Crippen LogP contribution in [-0.4, -0.2) is 42.1 Å². The molecule has 1 amide bonds. The van der Waals surface area contributed by atoms with Crippen LogP contribution in [0.4, 0.5) is 17.6 Å². The number of hydrogen-bond acceptors (Lipinski definition) is 4. The number of hydrogen-bond donors (Lipinski definition) is 1. The van der Waals surface area contributed by atoms with Crippen molar-refractivity contribution in [1.29, 1.82) is 0 Å². The number of halogens is 5. The molecule has 3 unspecified atom stereocenters. The van der Waals surface area contributed by atoms with Gasteiger partial charge in [-0.15, -0.1) is 0 Å². The van der Waals surface area contributed by atoms with Gasteiger partial charge in [-0.2, -0.15) is 4.31 Å². The first-order valence-electron chi connectivity index (χ1n) is 8.76. The maximum absolute atomic E-state index is 14.0. The van der Waals surface area contributed by atoms with E-state index in [1.807, 2.05) is 0 Å². The Hall–Kier alpha value is -2.05. The molecule has 1 aliphatic heterocycles. The second-order valence-electron chi connectivity index (χ2n) is 7.10. The van der Waals surface area contributed by atoms with Crippen LogP contribution in [0.1, 0.15) is 5.56 Å². The minimum absolute atomic E-state index is 0.0512. The summed E-state index contributed by atoms with van der Waals surface area (Å²) in [6, 6.07) is 3.52. The number of alkyl halides is 2. The van der Waals surface area contributed by atoms with Crippen LogP contribution in [0.3, 0.4) is 0 Å². The zero-order valence-electron chi connectivity index (χ0n) is 15.0. The molecule has 1 N–H and O–H groups in total. The van der Waals surface area contributed by atoms with Gasteiger partial charge in [-0.3, -0.25) is 4.79 Å². The second-order valence-corrected chi connectivity index (χ2v) is 9.80. The van der Waals surface area contributed by atoms with E-state index >= 15 is 0 Å². The van der Waals surface area contributed by atoms with Crippen molar-refractivity contribution in [2.75, 3.05) is 6.54 Å². The van der Waals surface area contributed by atoms with Crippen LogP contribution in [-0.2, 0) is 21.4 Å². The van der Waals surface area contributed by atoms with Crippen molar-refractivity contribution in [2.45, 2.75) is 23.4 Å². The molecule has 30 heavy (non-hydrogen) atoms. The summed E-state index contributed by atoms with van der Waals surface area (Å²) in [5, 5.41) is 2.34. The largest absolute Gasteiger partial charge is 0.351 e. The number of piperidine rings is 1. The van der Waals surface area contributed by atoms with E-state index in [-0.39, 0.29) is 17.0 Å². The number of carbonyl (C=O) groups is 1. The van der Waals surface area contributed by atoms with Crippen LogP contribution in [0.15, 0.2) is 46.0 Å². The average Bonchev–Trinajstić information content (AvgIpc) is 3.04. The summed E-state index contributed by atoms with van der Waals surface area (Å²) >= 11 is 3.06. The van der Waals surface area contributed by atoms with Gasteiger partial charge in [0.15, 0.2) is 0 Å². The van der Waals surface area contributed by atoms with Crippen LogP contribution >= 0.6 is 15.9 Å². The Kier molecular flexibility index (Phi) is 5.14. The minimum atomic E-state index is -4.32. The fraction of sp³-hybridized carbons (Fsp3) is 0.333. The number of benzene rings is 1. The Bertz CT molecular complexity index is 1110. The van der Waals surface area contributed by atoms with Gasteiger partial charge in [0, 0.05) is 24.6 Å². The summed E-state index contributed by atoms with van der Waals surface area (Å²) in [6.45, 7) is -0.875. The zero-order chi connectivity index (χ0) is 21.8. The third kappa shape index (κ3) is 3.50. The van der Waals surface area contributed by atoms with E-state index in [0.717, 1.165) is 30.5 Å². The quantitative estimate of drug-likeness (QED) is 0.498. The normalized spacial score (nSPS) is 25.0. The monoisotopic (exact) mass is 507 g/mol. The van der Waals surface area contributed by atoms with E-state index < -0.39 is 57.9 Å². The van der Waals surface area contributed by atoms with E-state index in [1.54, 1.807) is 0 Å². The molecule has 1 aliphatic carbocycles. The van der Waals surface area contributed by atoms with Gasteiger partial charge in [-0.05, 0) is 46.3 Å². The number of rotatable bonds is 5. The van der Waals surface area contributed by atoms with E-state index in [4.69, 9.17) is 0 Å². The van der Waals surface area contributed by atoms with Crippen LogP contribution in [0.25, 0.3) is 0 Å². The lowest BCUT2D eigenvalue weighted by molar-refractivity contribution is -0.126. The van der Waals surface area contributed by atoms with E-state index in [2.05, 4.69) is 26.2 Å². The van der Waals surface area contributed by atoms with Gasteiger partial charge in [0.05, 0.1) is 17.0 Å². The molecule has 1 saturated carbocycles. The molecule has 0 spiro atoms. The Balaban J connectivity index is 1.59. The van der Waals surface area contributed by atoms with Gasteiger partial charge in [0.1, 0.15) is 22.3 Å². The minimum Gasteiger partial charge on any atom is -0.351 e. The Morgan fingerprint density at radius 2 is 1.93 bits per heavy atom. The van der Waals surface area contributed by atoms with Crippen molar-refractivity contribution in [3.63, 3.8) is 0 Å². The SMILES string of the molecule is O=C(NCc1cc(Br)ncc1F)C1C2C(CN1S(=O)(=O)c1ccc(F)cc1)C2(F)F. The number of nitrogens with zero attached hydrogens (tertiary/aromatic N) is 2. The van der Waals surface area contributed by atoms with Crippen LogP contribution in [0, 0.1) is 23.5 Å². The standard InChI is InChI=1S/C18H14BrF4N3O3S/c19-14-5-9(13(21)7-24-14)6-25-17(27)16-15-12(18(15,22)23)8-26(16)30(28,29)11-3-1-10(20)2-4-11/h1-5,7,12,15-16H,6,8H2,(H,25,27). The number of nitrogens with one attached hydrogen (secondary N) is 1. The summed E-state index contributed by atoms with van der Waals surface area (Å²) in [7, 11) is -4.32. The van der Waals surface area contributed by atoms with Crippen LogP contribution in [0.5, 0.6) is 0 Å². The highest BCUT2D eigenvalue weighted by Gasteiger charge is 2.78. The maximum atomic E-state index is 14.0. The lowest BCUT2D eigenvalue weighted by atomic mass is 10.1. The number of pyridine rings is 1. The van der Waals surface area contributed by atoms with Crippen molar-refractivity contribution in [1.82, 2.24) is 14.6 Å². The smallest absolute Gasteiger partial charge is 0.258 e. The molecule has 3 atom stereocenters. The molecular weight excluding hydrogens is 494 g/mol. The molecule has 2 heterocycles. The first-order valence-corrected chi connectivity index (χ1v) is 11.0. The summed E-state index contributed by atoms with van der Waals surface area (Å²) in [4.78, 5) is 16.1. The number of carbonyl (C=O) groups excluding carboxylic acids is 1. The van der Waals surface area contributed by atoms with Crippen molar-refractivity contribution in [2.24, 2.45) is 11.8 Å². The molecule has 12 heteroatoms. The number of amides is 1. The highest BCUT2D eigenvalue weighted by molar-refractivity contribution is 9.10. The fourth-order valence-corrected chi connectivity index (χ4v) is 5.74. The predicted octanol–water partition coefficient (Wildman–Crippen LogP) is 2.69. The summed E-state index contributed by atoms with van der Waals surface area (Å²) in [6.07, 6.45) is 0.928. The van der Waals surface area contributed by atoms with Crippen molar-refractivity contribution < 1.29 is 30.8 Å². The number of aromatic nitrogens is 1. The molecule has 1 aromatic heterocycles. The molecule has 160 valence electrons. The van der Waals surface area contributed by atoms with Crippen molar-refractivity contribution in [3.8, 4) is 0 Å². The first-order chi connectivity index (χ1) is 14.0. The highest BCUT2D eigenvalue weighted by atomic mass is 79.9. The summed E-state index contributed by atoms with van der Waals surface area (Å²) < 4.78 is 81.9. The van der Waals surface area contributed by atoms with Crippen molar-refractivity contribution >= 4 is 31.9 Å². The number of sulfonamides is 1. The van der Waals surface area contributed by atoms with E-state index in [0.29, 0.717) is 8.91 Å². The van der Waals surface area contributed by atoms with Crippen molar-refractivity contribution in [3.05, 3.63) is 58.3 Å². The van der Waals surface area contributed by atoms with Gasteiger partial charge in [0.25, 0.3) is 5.92 Å². The first kappa shape index (κ1) is 21.2. The third-order valence-electron chi connectivity index (χ3n) is 5.33. The average molecular weight is 508 g/mol. The lowest BCUT2D eigenvalue weighted by Crippen LogP contribution is -2.50. The van der Waals surface area contributed by atoms with Crippen LogP contribution in [0.2, 0.25) is 0 Å². The fourth-order valence-electron chi connectivity index (χ4n) is 3.73. The molecule has 2 aromatic rings. The van der Waals surface area contributed by atoms with Gasteiger partial charge >= 0.3 is 0 Å². The second kappa shape index (κ2) is 7.27. The molecule has 1 saturated heterocycles. The zero-order valence-corrected chi connectivity index (χ0v) is 17.4. The summed E-state index contributed by atoms with van der Waals surface area (Å²) in [5.41, 5.74) is 0.0512. The molecule has 4 rings (SSSR count).